The summed E-state index contributed by atoms with van der Waals surface area (Å²) in [5, 5.41) is 18.6. The smallest absolute Gasteiger partial charge is 0.276 e. The number of carbonyl (C=O) groups excluding carboxylic acids is 1. The summed E-state index contributed by atoms with van der Waals surface area (Å²) in [6, 6.07) is 10.4. The van der Waals surface area contributed by atoms with Gasteiger partial charge < -0.3 is 5.32 Å². The number of tetrazole rings is 1. The topological polar surface area (TPSA) is 108 Å². The summed E-state index contributed by atoms with van der Waals surface area (Å²) in [4.78, 5) is 23.7. The minimum absolute atomic E-state index is 0.162. The van der Waals surface area contributed by atoms with Crippen molar-refractivity contribution in [2.75, 3.05) is 5.32 Å². The van der Waals surface area contributed by atoms with Crippen LogP contribution >= 0.6 is 0 Å². The summed E-state index contributed by atoms with van der Waals surface area (Å²) in [5.74, 6) is 0.286. The lowest BCUT2D eigenvalue weighted by molar-refractivity contribution is 0.102. The summed E-state index contributed by atoms with van der Waals surface area (Å²) in [6.45, 7) is 0. The first-order valence-electron chi connectivity index (χ1n) is 7.86. The molecule has 25 heavy (non-hydrogen) atoms. The van der Waals surface area contributed by atoms with Crippen LogP contribution in [0, 0.1) is 0 Å². The van der Waals surface area contributed by atoms with Crippen LogP contribution in [0.2, 0.25) is 0 Å². The van der Waals surface area contributed by atoms with E-state index in [0.717, 1.165) is 23.1 Å². The maximum absolute atomic E-state index is 12.3. The lowest BCUT2D eigenvalue weighted by Crippen LogP contribution is -2.23. The Morgan fingerprint density at radius 3 is 2.84 bits per heavy atom. The van der Waals surface area contributed by atoms with Gasteiger partial charge in [0, 0.05) is 24.4 Å². The molecule has 1 aromatic carbocycles. The van der Waals surface area contributed by atoms with E-state index in [4.69, 9.17) is 0 Å². The SMILES string of the molecule is Cn1nc(C(=O)Nc2cccc(-c3nnnn3C3CC3)c2)ccc1=O. The lowest BCUT2D eigenvalue weighted by Gasteiger charge is -2.08. The molecule has 3 aromatic rings. The zero-order valence-electron chi connectivity index (χ0n) is 13.5. The summed E-state index contributed by atoms with van der Waals surface area (Å²) in [6.07, 6.45) is 2.15. The maximum atomic E-state index is 12.3. The van der Waals surface area contributed by atoms with Crippen molar-refractivity contribution in [3.05, 3.63) is 52.4 Å². The molecule has 1 saturated carbocycles. The number of hydrogen-bond donors (Lipinski definition) is 1. The molecule has 126 valence electrons. The number of carbonyl (C=O) groups is 1. The van der Waals surface area contributed by atoms with E-state index < -0.39 is 5.91 Å². The molecule has 2 aromatic heterocycles. The Labute approximate surface area is 142 Å². The predicted octanol–water partition coefficient (Wildman–Crippen LogP) is 1.02. The van der Waals surface area contributed by atoms with Crippen molar-refractivity contribution in [3.63, 3.8) is 0 Å². The molecule has 1 aliphatic carbocycles. The van der Waals surface area contributed by atoms with E-state index in [1.54, 1.807) is 6.07 Å². The number of aryl methyl sites for hydroxylation is 1. The summed E-state index contributed by atoms with van der Waals surface area (Å²) >= 11 is 0. The second kappa shape index (κ2) is 5.93. The van der Waals surface area contributed by atoms with E-state index in [1.807, 2.05) is 22.9 Å². The molecule has 9 heteroatoms. The summed E-state index contributed by atoms with van der Waals surface area (Å²) in [5.41, 5.74) is 1.31. The number of amides is 1. The van der Waals surface area contributed by atoms with Gasteiger partial charge in [-0.25, -0.2) is 9.36 Å². The van der Waals surface area contributed by atoms with Crippen LogP contribution in [-0.2, 0) is 7.05 Å². The third-order valence-electron chi connectivity index (χ3n) is 3.96. The molecule has 0 aliphatic heterocycles. The third kappa shape index (κ3) is 3.03. The Bertz CT molecular complexity index is 1000. The Balaban J connectivity index is 1.59. The second-order valence-corrected chi connectivity index (χ2v) is 5.89. The molecule has 1 N–H and O–H groups in total. The Hall–Kier alpha value is -3.36. The maximum Gasteiger partial charge on any atom is 0.276 e. The number of nitrogens with zero attached hydrogens (tertiary/aromatic N) is 6. The van der Waals surface area contributed by atoms with Crippen LogP contribution in [0.4, 0.5) is 5.69 Å². The van der Waals surface area contributed by atoms with Crippen molar-refractivity contribution in [2.24, 2.45) is 7.05 Å². The number of nitrogens with one attached hydrogen (secondary N) is 1. The molecule has 0 spiro atoms. The second-order valence-electron chi connectivity index (χ2n) is 5.89. The molecule has 1 fully saturated rings. The Morgan fingerprint density at radius 2 is 2.08 bits per heavy atom. The van der Waals surface area contributed by atoms with Crippen LogP contribution in [0.1, 0.15) is 29.4 Å². The fourth-order valence-electron chi connectivity index (χ4n) is 2.50. The zero-order valence-corrected chi connectivity index (χ0v) is 13.5. The van der Waals surface area contributed by atoms with Gasteiger partial charge in [0.15, 0.2) is 5.82 Å². The molecule has 0 radical (unpaired) electrons. The first-order chi connectivity index (χ1) is 12.1. The van der Waals surface area contributed by atoms with Crippen molar-refractivity contribution in [1.82, 2.24) is 30.0 Å². The van der Waals surface area contributed by atoms with Gasteiger partial charge in [0.1, 0.15) is 5.69 Å². The highest BCUT2D eigenvalue weighted by Gasteiger charge is 2.28. The monoisotopic (exact) mass is 337 g/mol. The number of hydrogen-bond acceptors (Lipinski definition) is 6. The van der Waals surface area contributed by atoms with Gasteiger partial charge in [-0.05, 0) is 41.5 Å². The highest BCUT2D eigenvalue weighted by atomic mass is 16.2. The first kappa shape index (κ1) is 15.2. The van der Waals surface area contributed by atoms with Crippen LogP contribution in [0.3, 0.4) is 0 Å². The van der Waals surface area contributed by atoms with Crippen LogP contribution < -0.4 is 10.9 Å². The van der Waals surface area contributed by atoms with Crippen LogP contribution in [-0.4, -0.2) is 35.9 Å². The summed E-state index contributed by atoms with van der Waals surface area (Å²) in [7, 11) is 1.50. The van der Waals surface area contributed by atoms with Crippen molar-refractivity contribution < 1.29 is 4.79 Å². The van der Waals surface area contributed by atoms with E-state index in [2.05, 4.69) is 25.9 Å². The van der Waals surface area contributed by atoms with E-state index in [0.29, 0.717) is 17.6 Å². The molecule has 0 unspecified atom stereocenters. The van der Waals surface area contributed by atoms with Crippen molar-refractivity contribution in [3.8, 4) is 11.4 Å². The van der Waals surface area contributed by atoms with Gasteiger partial charge in [0.2, 0.25) is 0 Å². The number of benzene rings is 1. The van der Waals surface area contributed by atoms with E-state index in [-0.39, 0.29) is 11.3 Å². The molecule has 0 atom stereocenters. The number of rotatable bonds is 4. The first-order valence-corrected chi connectivity index (χ1v) is 7.86. The third-order valence-corrected chi connectivity index (χ3v) is 3.96. The predicted molar refractivity (Wildman–Crippen MR) is 89.0 cm³/mol. The van der Waals surface area contributed by atoms with Crippen molar-refractivity contribution >= 4 is 11.6 Å². The van der Waals surface area contributed by atoms with Gasteiger partial charge in [0.05, 0.1) is 6.04 Å². The molecule has 0 bridgehead atoms. The Morgan fingerprint density at radius 1 is 1.24 bits per heavy atom. The average Bonchev–Trinajstić information content (AvgIpc) is 3.34. The average molecular weight is 337 g/mol. The molecule has 9 nitrogen and oxygen atoms in total. The standard InChI is InChI=1S/C16H15N7O2/c1-22-14(24)8-7-13(19-22)16(25)17-11-4-2-3-10(9-11)15-18-20-21-23(15)12-5-6-12/h2-4,7-9,12H,5-6H2,1H3,(H,17,25). The lowest BCUT2D eigenvalue weighted by atomic mass is 10.2. The fourth-order valence-corrected chi connectivity index (χ4v) is 2.50. The molecule has 1 aliphatic rings. The van der Waals surface area contributed by atoms with E-state index in [1.165, 1.54) is 19.2 Å². The molecule has 1 amide bonds. The molecular weight excluding hydrogens is 322 g/mol. The molecule has 0 saturated heterocycles. The van der Waals surface area contributed by atoms with Crippen LogP contribution in [0.25, 0.3) is 11.4 Å². The van der Waals surface area contributed by atoms with Gasteiger partial charge >= 0.3 is 0 Å². The Kier molecular flexibility index (Phi) is 3.60. The minimum atomic E-state index is -0.394. The molecular formula is C16H15N7O2. The minimum Gasteiger partial charge on any atom is -0.321 e. The van der Waals surface area contributed by atoms with E-state index >= 15 is 0 Å². The van der Waals surface area contributed by atoms with Gasteiger partial charge in [-0.2, -0.15) is 5.10 Å². The summed E-state index contributed by atoms with van der Waals surface area (Å²) < 4.78 is 2.94. The van der Waals surface area contributed by atoms with E-state index in [9.17, 15) is 9.59 Å². The fraction of sp³-hybridized carbons (Fsp3) is 0.250. The van der Waals surface area contributed by atoms with Gasteiger partial charge in [0.25, 0.3) is 11.5 Å². The largest absolute Gasteiger partial charge is 0.321 e. The quantitative estimate of drug-likeness (QED) is 0.761. The van der Waals surface area contributed by atoms with Gasteiger partial charge in [-0.3, -0.25) is 9.59 Å². The van der Waals surface area contributed by atoms with Crippen molar-refractivity contribution in [2.45, 2.75) is 18.9 Å². The molecule has 2 heterocycles. The zero-order chi connectivity index (χ0) is 17.4. The van der Waals surface area contributed by atoms with Crippen molar-refractivity contribution in [1.29, 1.82) is 0 Å². The van der Waals surface area contributed by atoms with Gasteiger partial charge in [-0.1, -0.05) is 12.1 Å². The highest BCUT2D eigenvalue weighted by molar-refractivity contribution is 6.02. The number of anilines is 1. The normalized spacial score (nSPS) is 13.6. The molecule has 4 rings (SSSR count). The van der Waals surface area contributed by atoms with Crippen LogP contribution in [0.15, 0.2) is 41.2 Å². The highest BCUT2D eigenvalue weighted by Crippen LogP contribution is 2.36. The van der Waals surface area contributed by atoms with Gasteiger partial charge in [-0.15, -0.1) is 5.10 Å². The van der Waals surface area contributed by atoms with Crippen LogP contribution in [0.5, 0.6) is 0 Å². The number of aromatic nitrogens is 6.